The first-order valence-corrected chi connectivity index (χ1v) is 5.69. The van der Waals surface area contributed by atoms with Crippen molar-refractivity contribution in [2.75, 3.05) is 6.54 Å². The van der Waals surface area contributed by atoms with E-state index in [1.807, 2.05) is 18.2 Å². The Morgan fingerprint density at radius 1 is 1.38 bits per heavy atom. The molecule has 0 saturated heterocycles. The van der Waals surface area contributed by atoms with Crippen molar-refractivity contribution < 1.29 is 4.42 Å². The molecule has 2 rings (SSSR count). The van der Waals surface area contributed by atoms with Crippen LogP contribution in [-0.4, -0.2) is 12.6 Å². The fraction of sp³-hybridized carbons (Fsp3) is 0.286. The maximum Gasteiger partial charge on any atom is 0.134 e. The van der Waals surface area contributed by atoms with Gasteiger partial charge in [0.05, 0.1) is 6.26 Å². The van der Waals surface area contributed by atoms with Crippen LogP contribution in [0.5, 0.6) is 0 Å². The minimum Gasteiger partial charge on any atom is -0.464 e. The number of para-hydroxylation sites is 1. The zero-order valence-electron chi connectivity index (χ0n) is 9.73. The van der Waals surface area contributed by atoms with Crippen LogP contribution in [0.25, 0.3) is 17.0 Å². The minimum atomic E-state index is 0.388. The molecule has 1 heterocycles. The average Bonchev–Trinajstić information content (AvgIpc) is 2.70. The van der Waals surface area contributed by atoms with Gasteiger partial charge in [-0.25, -0.2) is 0 Å². The number of benzene rings is 1. The van der Waals surface area contributed by atoms with Gasteiger partial charge in [-0.2, -0.15) is 0 Å². The molecule has 1 unspecified atom stereocenters. The smallest absolute Gasteiger partial charge is 0.134 e. The summed E-state index contributed by atoms with van der Waals surface area (Å²) >= 11 is 0. The van der Waals surface area contributed by atoms with Gasteiger partial charge in [-0.1, -0.05) is 37.3 Å². The molecule has 1 atom stereocenters. The lowest BCUT2D eigenvalue weighted by molar-refractivity contribution is 0.615. The van der Waals surface area contributed by atoms with Crippen LogP contribution in [0.2, 0.25) is 0 Å². The van der Waals surface area contributed by atoms with Crippen LogP contribution in [-0.2, 0) is 0 Å². The fourth-order valence-electron chi connectivity index (χ4n) is 1.77. The fourth-order valence-corrected chi connectivity index (χ4v) is 1.77. The van der Waals surface area contributed by atoms with E-state index in [4.69, 9.17) is 4.42 Å². The molecule has 16 heavy (non-hydrogen) atoms. The molecule has 0 radical (unpaired) electrons. The predicted octanol–water partition coefficient (Wildman–Crippen LogP) is 3.44. The van der Waals surface area contributed by atoms with Crippen LogP contribution in [0.1, 0.15) is 19.4 Å². The molecule has 1 aromatic carbocycles. The van der Waals surface area contributed by atoms with Gasteiger partial charge in [0, 0.05) is 17.0 Å². The zero-order valence-corrected chi connectivity index (χ0v) is 9.73. The van der Waals surface area contributed by atoms with Gasteiger partial charge in [-0.15, -0.1) is 0 Å². The average molecular weight is 215 g/mol. The van der Waals surface area contributed by atoms with Crippen molar-refractivity contribution >= 4 is 17.0 Å². The highest BCUT2D eigenvalue weighted by Gasteiger charge is 2.01. The summed E-state index contributed by atoms with van der Waals surface area (Å²) in [5.74, 6) is 0. The molecule has 0 aliphatic heterocycles. The van der Waals surface area contributed by atoms with Gasteiger partial charge < -0.3 is 9.73 Å². The van der Waals surface area contributed by atoms with Crippen molar-refractivity contribution in [2.24, 2.45) is 0 Å². The van der Waals surface area contributed by atoms with E-state index in [1.54, 1.807) is 6.26 Å². The van der Waals surface area contributed by atoms with Gasteiger partial charge >= 0.3 is 0 Å². The first-order valence-electron chi connectivity index (χ1n) is 5.69. The van der Waals surface area contributed by atoms with Crippen molar-refractivity contribution in [1.29, 1.82) is 0 Å². The topological polar surface area (TPSA) is 25.2 Å². The molecule has 1 aromatic heterocycles. The molecule has 84 valence electrons. The summed E-state index contributed by atoms with van der Waals surface area (Å²) in [7, 11) is 0. The molecule has 2 nitrogen and oxygen atoms in total. The summed E-state index contributed by atoms with van der Waals surface area (Å²) in [4.78, 5) is 0. The lowest BCUT2D eigenvalue weighted by Crippen LogP contribution is -2.22. The van der Waals surface area contributed by atoms with Crippen LogP contribution in [0, 0.1) is 0 Å². The van der Waals surface area contributed by atoms with Crippen LogP contribution in [0.15, 0.2) is 41.0 Å². The van der Waals surface area contributed by atoms with E-state index >= 15 is 0 Å². The Morgan fingerprint density at radius 2 is 2.19 bits per heavy atom. The van der Waals surface area contributed by atoms with E-state index in [9.17, 15) is 0 Å². The second-order valence-electron chi connectivity index (χ2n) is 3.89. The molecule has 0 aliphatic carbocycles. The Labute approximate surface area is 96.0 Å². The lowest BCUT2D eigenvalue weighted by Gasteiger charge is -2.04. The van der Waals surface area contributed by atoms with Crippen molar-refractivity contribution in [2.45, 2.75) is 19.9 Å². The van der Waals surface area contributed by atoms with Gasteiger partial charge in [0.15, 0.2) is 0 Å². The molecule has 1 N–H and O–H groups in total. The van der Waals surface area contributed by atoms with Crippen LogP contribution >= 0.6 is 0 Å². The maximum absolute atomic E-state index is 5.47. The Balaban J connectivity index is 2.21. The number of fused-ring (bicyclic) bond motifs is 1. The molecular weight excluding hydrogens is 198 g/mol. The highest BCUT2D eigenvalue weighted by atomic mass is 16.3. The third-order valence-electron chi connectivity index (χ3n) is 2.60. The summed E-state index contributed by atoms with van der Waals surface area (Å²) in [6, 6.07) is 8.47. The number of rotatable bonds is 4. The molecule has 0 amide bonds. The van der Waals surface area contributed by atoms with E-state index in [1.165, 1.54) is 5.39 Å². The number of nitrogens with one attached hydrogen (secondary N) is 1. The van der Waals surface area contributed by atoms with Gasteiger partial charge in [0.25, 0.3) is 0 Å². The number of furan rings is 1. The van der Waals surface area contributed by atoms with E-state index < -0.39 is 0 Å². The largest absolute Gasteiger partial charge is 0.464 e. The number of likely N-dealkylation sites (N-methyl/N-ethyl adjacent to an activating group) is 1. The van der Waals surface area contributed by atoms with Gasteiger partial charge in [0.2, 0.25) is 0 Å². The molecular formula is C14H17NO. The highest BCUT2D eigenvalue weighted by molar-refractivity contribution is 5.86. The molecule has 0 saturated carbocycles. The molecule has 2 heteroatoms. The first-order chi connectivity index (χ1) is 7.81. The predicted molar refractivity (Wildman–Crippen MR) is 68.4 cm³/mol. The Morgan fingerprint density at radius 3 is 3.00 bits per heavy atom. The summed E-state index contributed by atoms with van der Waals surface area (Å²) in [5.41, 5.74) is 2.08. The van der Waals surface area contributed by atoms with Gasteiger partial charge in [0.1, 0.15) is 5.58 Å². The standard InChI is InChI=1S/C14H17NO/c1-3-15-11(2)8-9-12-10-16-14-7-5-4-6-13(12)14/h4-11,15H,3H2,1-2H3/b9-8+. The van der Waals surface area contributed by atoms with Crippen LogP contribution in [0.4, 0.5) is 0 Å². The van der Waals surface area contributed by atoms with E-state index in [2.05, 4.69) is 37.4 Å². The third-order valence-corrected chi connectivity index (χ3v) is 2.60. The minimum absolute atomic E-state index is 0.388. The monoisotopic (exact) mass is 215 g/mol. The molecule has 0 fully saturated rings. The number of hydrogen-bond acceptors (Lipinski definition) is 2. The Bertz CT molecular complexity index is 484. The normalized spacial score (nSPS) is 13.6. The Kier molecular flexibility index (Phi) is 3.42. The van der Waals surface area contributed by atoms with Gasteiger partial charge in [-0.05, 0) is 19.5 Å². The highest BCUT2D eigenvalue weighted by Crippen LogP contribution is 2.21. The SMILES string of the molecule is CCNC(C)/C=C/c1coc2ccccc12. The van der Waals surface area contributed by atoms with Crippen LogP contribution in [0.3, 0.4) is 0 Å². The van der Waals surface area contributed by atoms with Crippen molar-refractivity contribution in [3.8, 4) is 0 Å². The van der Waals surface area contributed by atoms with Crippen molar-refractivity contribution in [1.82, 2.24) is 5.32 Å². The zero-order chi connectivity index (χ0) is 11.4. The van der Waals surface area contributed by atoms with Gasteiger partial charge in [-0.3, -0.25) is 0 Å². The summed E-state index contributed by atoms with van der Waals surface area (Å²) in [6.07, 6.45) is 6.07. The Hall–Kier alpha value is -1.54. The first kappa shape index (κ1) is 11.0. The second kappa shape index (κ2) is 4.99. The van der Waals surface area contributed by atoms with E-state index in [-0.39, 0.29) is 0 Å². The van der Waals surface area contributed by atoms with Crippen molar-refractivity contribution in [3.63, 3.8) is 0 Å². The molecule has 0 bridgehead atoms. The van der Waals surface area contributed by atoms with Crippen molar-refractivity contribution in [3.05, 3.63) is 42.2 Å². The third kappa shape index (κ3) is 2.34. The molecule has 2 aromatic rings. The van der Waals surface area contributed by atoms with E-state index in [0.717, 1.165) is 17.7 Å². The van der Waals surface area contributed by atoms with E-state index in [0.29, 0.717) is 6.04 Å². The summed E-state index contributed by atoms with van der Waals surface area (Å²) in [5, 5.41) is 4.51. The van der Waals surface area contributed by atoms with Crippen LogP contribution < -0.4 is 5.32 Å². The number of hydrogen-bond donors (Lipinski definition) is 1. The summed E-state index contributed by atoms with van der Waals surface area (Å²) in [6.45, 7) is 5.23. The summed E-state index contributed by atoms with van der Waals surface area (Å²) < 4.78 is 5.47. The quantitative estimate of drug-likeness (QED) is 0.845. The molecule has 0 aliphatic rings. The maximum atomic E-state index is 5.47. The molecule has 0 spiro atoms. The second-order valence-corrected chi connectivity index (χ2v) is 3.89. The lowest BCUT2D eigenvalue weighted by atomic mass is 10.1.